The number of hydroxylamine groups is 2. The number of nitrogens with zero attached hydrogens (tertiary/aromatic N) is 4. The van der Waals surface area contributed by atoms with Gasteiger partial charge in [-0.15, -0.1) is 0 Å². The molecule has 1 saturated heterocycles. The Morgan fingerprint density at radius 2 is 2.22 bits per heavy atom. The minimum Gasteiger partial charge on any atom is -0.351 e. The van der Waals surface area contributed by atoms with E-state index in [9.17, 15) is 9.18 Å². The summed E-state index contributed by atoms with van der Waals surface area (Å²) < 4.78 is 13.5. The molecule has 0 radical (unpaired) electrons. The Morgan fingerprint density at radius 1 is 1.37 bits per heavy atom. The van der Waals surface area contributed by atoms with Crippen LogP contribution in [0.15, 0.2) is 36.5 Å². The van der Waals surface area contributed by atoms with Crippen LogP contribution in [0.4, 0.5) is 10.3 Å². The van der Waals surface area contributed by atoms with Crippen LogP contribution in [-0.2, 0) is 9.63 Å². The van der Waals surface area contributed by atoms with E-state index in [0.717, 1.165) is 5.56 Å². The normalized spacial score (nSPS) is 24.1. The highest BCUT2D eigenvalue weighted by Gasteiger charge is 2.42. The highest BCUT2D eigenvalue weighted by atomic mass is 19.1. The number of carbonyl (C=O) groups is 1. The molecule has 0 spiro atoms. The molecule has 8 heteroatoms. The molecule has 4 rings (SSSR count). The van der Waals surface area contributed by atoms with Crippen molar-refractivity contribution in [1.82, 2.24) is 15.0 Å². The second-order valence-electron chi connectivity index (χ2n) is 6.74. The summed E-state index contributed by atoms with van der Waals surface area (Å²) in [5, 5.41) is 13.4. The van der Waals surface area contributed by atoms with Gasteiger partial charge in [-0.2, -0.15) is 5.26 Å². The van der Waals surface area contributed by atoms with E-state index in [1.807, 2.05) is 12.1 Å². The Hall–Kier alpha value is -3.05. The van der Waals surface area contributed by atoms with Crippen LogP contribution in [0.5, 0.6) is 0 Å². The molecule has 2 aromatic rings. The summed E-state index contributed by atoms with van der Waals surface area (Å²) in [4.78, 5) is 26.5. The van der Waals surface area contributed by atoms with E-state index in [1.165, 1.54) is 29.5 Å². The lowest BCUT2D eigenvalue weighted by atomic mass is 9.79. The maximum absolute atomic E-state index is 13.5. The second kappa shape index (κ2) is 7.29. The molecule has 2 fully saturated rings. The van der Waals surface area contributed by atoms with Gasteiger partial charge in [0, 0.05) is 24.6 Å². The molecule has 0 bridgehead atoms. The van der Waals surface area contributed by atoms with Crippen molar-refractivity contribution < 1.29 is 14.0 Å². The molecule has 2 heterocycles. The summed E-state index contributed by atoms with van der Waals surface area (Å²) in [5.41, 5.74) is 1.04. The van der Waals surface area contributed by atoms with Gasteiger partial charge in [0.05, 0.1) is 12.6 Å². The molecule has 1 aliphatic heterocycles. The molecule has 138 valence electrons. The zero-order chi connectivity index (χ0) is 18.8. The zero-order valence-electron chi connectivity index (χ0n) is 14.5. The van der Waals surface area contributed by atoms with Gasteiger partial charge in [-0.1, -0.05) is 12.1 Å². The van der Waals surface area contributed by atoms with Crippen LogP contribution in [-0.4, -0.2) is 33.6 Å². The van der Waals surface area contributed by atoms with Gasteiger partial charge in [0.2, 0.25) is 11.9 Å². The first kappa shape index (κ1) is 17.4. The van der Waals surface area contributed by atoms with Crippen LogP contribution in [0.25, 0.3) is 0 Å². The minimum atomic E-state index is -0.320. The van der Waals surface area contributed by atoms with E-state index in [-0.39, 0.29) is 29.7 Å². The van der Waals surface area contributed by atoms with Gasteiger partial charge in [0.1, 0.15) is 17.6 Å². The molecule has 2 aliphatic rings. The maximum atomic E-state index is 13.5. The van der Waals surface area contributed by atoms with Crippen molar-refractivity contribution in [1.29, 1.82) is 5.26 Å². The van der Waals surface area contributed by atoms with Gasteiger partial charge < -0.3 is 5.32 Å². The number of anilines is 1. The summed E-state index contributed by atoms with van der Waals surface area (Å²) in [6.45, 7) is 0.441. The molecule has 7 nitrogen and oxygen atoms in total. The first-order valence-electron chi connectivity index (χ1n) is 8.85. The first-order chi connectivity index (χ1) is 13.1. The van der Waals surface area contributed by atoms with Gasteiger partial charge in [0.25, 0.3) is 0 Å². The number of rotatable bonds is 4. The predicted molar refractivity (Wildman–Crippen MR) is 93.4 cm³/mol. The average Bonchev–Trinajstić information content (AvgIpc) is 3.14. The second-order valence-corrected chi connectivity index (χ2v) is 6.74. The summed E-state index contributed by atoms with van der Waals surface area (Å²) in [5.74, 6) is -0.165. The zero-order valence-corrected chi connectivity index (χ0v) is 14.5. The lowest BCUT2D eigenvalue weighted by Crippen LogP contribution is -2.45. The average molecular weight is 367 g/mol. The van der Waals surface area contributed by atoms with Crippen molar-refractivity contribution >= 4 is 11.9 Å². The molecule has 1 saturated carbocycles. The molecule has 1 amide bonds. The van der Waals surface area contributed by atoms with Crippen LogP contribution in [0, 0.1) is 23.1 Å². The molecular weight excluding hydrogens is 349 g/mol. The van der Waals surface area contributed by atoms with Crippen LogP contribution in [0.1, 0.15) is 36.6 Å². The molecule has 1 aromatic heterocycles. The summed E-state index contributed by atoms with van der Waals surface area (Å²) >= 11 is 0. The van der Waals surface area contributed by atoms with Crippen LogP contribution >= 0.6 is 0 Å². The van der Waals surface area contributed by atoms with E-state index in [1.54, 1.807) is 6.07 Å². The number of nitrogens with one attached hydrogen (secondary N) is 1. The molecule has 0 unspecified atom stereocenters. The number of carbonyl (C=O) groups excluding carboxylic acids is 1. The van der Waals surface area contributed by atoms with Gasteiger partial charge >= 0.3 is 0 Å². The van der Waals surface area contributed by atoms with Crippen molar-refractivity contribution in [3.05, 3.63) is 53.6 Å². The third-order valence-electron chi connectivity index (χ3n) is 4.95. The number of amides is 1. The Balaban J connectivity index is 1.36. The van der Waals surface area contributed by atoms with Crippen molar-refractivity contribution in [2.24, 2.45) is 5.92 Å². The molecule has 1 aromatic carbocycles. The van der Waals surface area contributed by atoms with Crippen LogP contribution in [0.3, 0.4) is 0 Å². The lowest BCUT2D eigenvalue weighted by Gasteiger charge is -2.37. The van der Waals surface area contributed by atoms with E-state index in [4.69, 9.17) is 10.1 Å². The van der Waals surface area contributed by atoms with E-state index >= 15 is 0 Å². The Labute approximate surface area is 155 Å². The van der Waals surface area contributed by atoms with Gasteiger partial charge in [0.15, 0.2) is 0 Å². The standard InChI is InChI=1S/C19H18FN5O2/c20-14-3-1-2-12(8-14)17-5-7-27-25(17)18(26)13-9-16(10-13)24-19-22-6-4-15(11-21)23-19/h1-4,6,8,13,16-17H,5,7,9-10H2,(H,22,23,24)/t13?,16?,17-/m0/s1. The summed E-state index contributed by atoms with van der Waals surface area (Å²) in [6, 6.07) is 9.62. The van der Waals surface area contributed by atoms with Crippen molar-refractivity contribution in [2.75, 3.05) is 11.9 Å². The number of halogens is 1. The number of nitriles is 1. The Bertz CT molecular complexity index is 894. The molecule has 27 heavy (non-hydrogen) atoms. The number of aromatic nitrogens is 2. The van der Waals surface area contributed by atoms with Crippen molar-refractivity contribution in [3.63, 3.8) is 0 Å². The largest absolute Gasteiger partial charge is 0.351 e. The predicted octanol–water partition coefficient (Wildman–Crippen LogP) is 2.58. The SMILES string of the molecule is N#Cc1ccnc(NC2CC(C(=O)N3OCC[C@H]3c3cccc(F)c3)C2)n1. The maximum Gasteiger partial charge on any atom is 0.249 e. The molecular formula is C19H18FN5O2. The quantitative estimate of drug-likeness (QED) is 0.893. The smallest absolute Gasteiger partial charge is 0.249 e. The minimum absolute atomic E-state index is 0.0723. The molecule has 1 aliphatic carbocycles. The Kier molecular flexibility index (Phi) is 4.69. The fourth-order valence-corrected chi connectivity index (χ4v) is 3.49. The first-order valence-corrected chi connectivity index (χ1v) is 8.85. The van der Waals surface area contributed by atoms with Gasteiger partial charge in [-0.3, -0.25) is 9.63 Å². The highest BCUT2D eigenvalue weighted by molar-refractivity contribution is 5.79. The lowest BCUT2D eigenvalue weighted by molar-refractivity contribution is -0.184. The van der Waals surface area contributed by atoms with E-state index < -0.39 is 0 Å². The van der Waals surface area contributed by atoms with E-state index in [2.05, 4.69) is 15.3 Å². The molecule has 1 atom stereocenters. The van der Waals surface area contributed by atoms with Gasteiger partial charge in [-0.25, -0.2) is 19.4 Å². The van der Waals surface area contributed by atoms with Crippen LogP contribution in [0.2, 0.25) is 0 Å². The fourth-order valence-electron chi connectivity index (χ4n) is 3.49. The fraction of sp³-hybridized carbons (Fsp3) is 0.368. The van der Waals surface area contributed by atoms with E-state index in [0.29, 0.717) is 37.5 Å². The number of hydrogen-bond donors (Lipinski definition) is 1. The summed E-state index contributed by atoms with van der Waals surface area (Å²) in [6.07, 6.45) is 3.44. The van der Waals surface area contributed by atoms with Crippen molar-refractivity contribution in [3.8, 4) is 6.07 Å². The Morgan fingerprint density at radius 3 is 3.00 bits per heavy atom. The monoisotopic (exact) mass is 367 g/mol. The number of hydrogen-bond acceptors (Lipinski definition) is 6. The van der Waals surface area contributed by atoms with Crippen molar-refractivity contribution in [2.45, 2.75) is 31.3 Å². The third-order valence-corrected chi connectivity index (χ3v) is 4.95. The van der Waals surface area contributed by atoms with Gasteiger partial charge in [-0.05, 0) is 36.6 Å². The third kappa shape index (κ3) is 3.59. The summed E-state index contributed by atoms with van der Waals surface area (Å²) in [7, 11) is 0. The number of benzene rings is 1. The topological polar surface area (TPSA) is 91.1 Å². The highest BCUT2D eigenvalue weighted by Crippen LogP contribution is 2.37. The molecule has 1 N–H and O–H groups in total. The van der Waals surface area contributed by atoms with Crippen LogP contribution < -0.4 is 5.32 Å².